The van der Waals surface area contributed by atoms with Gasteiger partial charge >= 0.3 is 0 Å². The Morgan fingerprint density at radius 2 is 2.21 bits per heavy atom. The standard InChI is InChI=1S/C12H15NS/c1-9-4-2-3-5-12(9)13-7-11-6-10(13)8-14-11/h2-5,10-11H,6-8H2,1H3. The van der Waals surface area contributed by atoms with Gasteiger partial charge in [-0.15, -0.1) is 0 Å². The van der Waals surface area contributed by atoms with Crippen LogP contribution in [0.2, 0.25) is 0 Å². The van der Waals surface area contributed by atoms with Crippen molar-refractivity contribution in [1.82, 2.24) is 0 Å². The molecule has 2 unspecified atom stereocenters. The van der Waals surface area contributed by atoms with E-state index in [0.717, 1.165) is 11.3 Å². The molecule has 74 valence electrons. The normalized spacial score (nSPS) is 29.9. The molecule has 2 heteroatoms. The Morgan fingerprint density at radius 1 is 1.36 bits per heavy atom. The lowest BCUT2D eigenvalue weighted by Gasteiger charge is -2.30. The molecule has 2 heterocycles. The molecule has 0 saturated carbocycles. The van der Waals surface area contributed by atoms with Gasteiger partial charge < -0.3 is 4.90 Å². The molecule has 2 saturated heterocycles. The van der Waals surface area contributed by atoms with Crippen LogP contribution in [0.5, 0.6) is 0 Å². The van der Waals surface area contributed by atoms with Crippen LogP contribution in [0.25, 0.3) is 0 Å². The molecular weight excluding hydrogens is 190 g/mol. The van der Waals surface area contributed by atoms with Crippen molar-refractivity contribution in [1.29, 1.82) is 0 Å². The molecule has 2 atom stereocenters. The summed E-state index contributed by atoms with van der Waals surface area (Å²) in [6, 6.07) is 9.57. The first-order chi connectivity index (χ1) is 6.84. The number of anilines is 1. The van der Waals surface area contributed by atoms with Gasteiger partial charge in [0, 0.05) is 29.3 Å². The molecule has 2 bridgehead atoms. The summed E-state index contributed by atoms with van der Waals surface area (Å²) >= 11 is 2.15. The van der Waals surface area contributed by atoms with Gasteiger partial charge in [0.15, 0.2) is 0 Å². The van der Waals surface area contributed by atoms with Crippen molar-refractivity contribution in [2.24, 2.45) is 0 Å². The Morgan fingerprint density at radius 3 is 2.86 bits per heavy atom. The first-order valence-corrected chi connectivity index (χ1v) is 6.33. The molecule has 0 amide bonds. The maximum atomic E-state index is 2.61. The summed E-state index contributed by atoms with van der Waals surface area (Å²) in [5, 5.41) is 0.902. The van der Waals surface area contributed by atoms with E-state index in [9.17, 15) is 0 Å². The fourth-order valence-corrected chi connectivity index (χ4v) is 4.01. The van der Waals surface area contributed by atoms with Crippen molar-refractivity contribution in [3.63, 3.8) is 0 Å². The first-order valence-electron chi connectivity index (χ1n) is 5.28. The van der Waals surface area contributed by atoms with E-state index in [1.807, 2.05) is 0 Å². The van der Waals surface area contributed by atoms with Gasteiger partial charge in [-0.2, -0.15) is 11.8 Å². The predicted molar refractivity (Wildman–Crippen MR) is 63.2 cm³/mol. The summed E-state index contributed by atoms with van der Waals surface area (Å²) in [4.78, 5) is 2.61. The molecule has 14 heavy (non-hydrogen) atoms. The third-order valence-corrected chi connectivity index (χ3v) is 4.72. The maximum absolute atomic E-state index is 2.61. The fraction of sp³-hybridized carbons (Fsp3) is 0.500. The lowest BCUT2D eigenvalue weighted by Crippen LogP contribution is -2.34. The van der Waals surface area contributed by atoms with E-state index >= 15 is 0 Å². The van der Waals surface area contributed by atoms with Crippen LogP contribution in [0.3, 0.4) is 0 Å². The van der Waals surface area contributed by atoms with Crippen molar-refractivity contribution in [3.8, 4) is 0 Å². The highest BCUT2D eigenvalue weighted by Crippen LogP contribution is 2.40. The zero-order valence-electron chi connectivity index (χ0n) is 8.44. The minimum Gasteiger partial charge on any atom is -0.366 e. The fourth-order valence-electron chi connectivity index (χ4n) is 2.58. The largest absolute Gasteiger partial charge is 0.366 e. The van der Waals surface area contributed by atoms with Crippen LogP contribution < -0.4 is 4.90 Å². The molecule has 0 spiro atoms. The van der Waals surface area contributed by atoms with Crippen LogP contribution in [0, 0.1) is 6.92 Å². The molecule has 3 rings (SSSR count). The van der Waals surface area contributed by atoms with Crippen molar-refractivity contribution < 1.29 is 0 Å². The number of thioether (sulfide) groups is 1. The molecular formula is C12H15NS. The van der Waals surface area contributed by atoms with Gasteiger partial charge in [-0.25, -0.2) is 0 Å². The number of fused-ring (bicyclic) bond motifs is 2. The van der Waals surface area contributed by atoms with E-state index in [4.69, 9.17) is 0 Å². The van der Waals surface area contributed by atoms with Crippen LogP contribution in [0.1, 0.15) is 12.0 Å². The molecule has 1 aromatic rings. The smallest absolute Gasteiger partial charge is 0.0399 e. The van der Waals surface area contributed by atoms with Gasteiger partial charge in [-0.3, -0.25) is 0 Å². The number of rotatable bonds is 1. The number of hydrogen-bond acceptors (Lipinski definition) is 2. The first kappa shape index (κ1) is 8.66. The molecule has 1 nitrogen and oxygen atoms in total. The average Bonchev–Trinajstić information content (AvgIpc) is 2.79. The summed E-state index contributed by atoms with van der Waals surface area (Å²) < 4.78 is 0. The average molecular weight is 205 g/mol. The molecule has 2 fully saturated rings. The van der Waals surface area contributed by atoms with Gasteiger partial charge in [-0.1, -0.05) is 18.2 Å². The van der Waals surface area contributed by atoms with Gasteiger partial charge in [0.25, 0.3) is 0 Å². The zero-order chi connectivity index (χ0) is 9.54. The number of aryl methyl sites for hydroxylation is 1. The molecule has 0 radical (unpaired) electrons. The Labute approximate surface area is 89.5 Å². The third kappa shape index (κ3) is 1.24. The summed E-state index contributed by atoms with van der Waals surface area (Å²) in [6.45, 7) is 3.48. The number of para-hydroxylation sites is 1. The molecule has 0 N–H and O–H groups in total. The summed E-state index contributed by atoms with van der Waals surface area (Å²) in [7, 11) is 0. The highest BCUT2D eigenvalue weighted by Gasteiger charge is 2.38. The Balaban J connectivity index is 1.93. The number of nitrogens with zero attached hydrogens (tertiary/aromatic N) is 1. The van der Waals surface area contributed by atoms with Crippen molar-refractivity contribution in [2.75, 3.05) is 17.2 Å². The maximum Gasteiger partial charge on any atom is 0.0399 e. The summed E-state index contributed by atoms with van der Waals surface area (Å²) in [5.41, 5.74) is 2.88. The third-order valence-electron chi connectivity index (χ3n) is 3.33. The molecule has 2 aliphatic heterocycles. The van der Waals surface area contributed by atoms with Gasteiger partial charge in [0.2, 0.25) is 0 Å². The highest BCUT2D eigenvalue weighted by molar-refractivity contribution is 8.00. The number of hydrogen-bond donors (Lipinski definition) is 0. The zero-order valence-corrected chi connectivity index (χ0v) is 9.26. The topological polar surface area (TPSA) is 3.24 Å². The predicted octanol–water partition coefficient (Wildman–Crippen LogP) is 2.69. The van der Waals surface area contributed by atoms with E-state index in [-0.39, 0.29) is 0 Å². The van der Waals surface area contributed by atoms with E-state index in [1.165, 1.54) is 30.0 Å². The monoisotopic (exact) mass is 205 g/mol. The summed E-state index contributed by atoms with van der Waals surface area (Å²) in [5.74, 6) is 1.33. The Hall–Kier alpha value is -0.630. The van der Waals surface area contributed by atoms with E-state index in [2.05, 4.69) is 47.9 Å². The number of benzene rings is 1. The van der Waals surface area contributed by atoms with Crippen molar-refractivity contribution in [2.45, 2.75) is 24.6 Å². The second-order valence-corrected chi connectivity index (χ2v) is 5.62. The van der Waals surface area contributed by atoms with Crippen LogP contribution in [-0.2, 0) is 0 Å². The molecule has 2 aliphatic rings. The van der Waals surface area contributed by atoms with Crippen LogP contribution >= 0.6 is 11.8 Å². The van der Waals surface area contributed by atoms with Gasteiger partial charge in [-0.05, 0) is 25.0 Å². The van der Waals surface area contributed by atoms with E-state index in [0.29, 0.717) is 0 Å². The van der Waals surface area contributed by atoms with E-state index < -0.39 is 0 Å². The Bertz CT molecular complexity index is 350. The highest BCUT2D eigenvalue weighted by atomic mass is 32.2. The minimum absolute atomic E-state index is 0.811. The SMILES string of the molecule is Cc1ccccc1N1CC2CC1CS2. The lowest BCUT2D eigenvalue weighted by atomic mass is 10.1. The quantitative estimate of drug-likeness (QED) is 0.693. The van der Waals surface area contributed by atoms with Crippen molar-refractivity contribution >= 4 is 17.4 Å². The van der Waals surface area contributed by atoms with Gasteiger partial charge in [0.1, 0.15) is 0 Å². The second kappa shape index (κ2) is 3.20. The minimum atomic E-state index is 0.811. The molecule has 0 aliphatic carbocycles. The lowest BCUT2D eigenvalue weighted by molar-refractivity contribution is 0.761. The van der Waals surface area contributed by atoms with E-state index in [1.54, 1.807) is 0 Å². The van der Waals surface area contributed by atoms with Crippen LogP contribution in [0.4, 0.5) is 5.69 Å². The molecule has 0 aromatic heterocycles. The van der Waals surface area contributed by atoms with Crippen LogP contribution in [-0.4, -0.2) is 23.6 Å². The van der Waals surface area contributed by atoms with Crippen LogP contribution in [0.15, 0.2) is 24.3 Å². The molecule has 1 aromatic carbocycles. The van der Waals surface area contributed by atoms with Crippen molar-refractivity contribution in [3.05, 3.63) is 29.8 Å². The Kier molecular flexibility index (Phi) is 1.98. The second-order valence-electron chi connectivity index (χ2n) is 4.28. The summed E-state index contributed by atoms with van der Waals surface area (Å²) in [6.07, 6.45) is 1.40. The van der Waals surface area contributed by atoms with Gasteiger partial charge in [0.05, 0.1) is 0 Å².